The van der Waals surface area contributed by atoms with Crippen molar-refractivity contribution in [2.75, 3.05) is 0 Å². The molecule has 4 unspecified atom stereocenters. The van der Waals surface area contributed by atoms with Crippen molar-refractivity contribution < 1.29 is 20.4 Å². The fraction of sp³-hybridized carbons (Fsp3) is 0.276. The second-order valence-electron chi connectivity index (χ2n) is 18.4. The van der Waals surface area contributed by atoms with Gasteiger partial charge >= 0.3 is 0 Å². The van der Waals surface area contributed by atoms with Crippen molar-refractivity contribution >= 4 is 55.4 Å². The van der Waals surface area contributed by atoms with Crippen molar-refractivity contribution in [2.45, 2.75) is 127 Å². The van der Waals surface area contributed by atoms with Crippen molar-refractivity contribution in [1.82, 2.24) is 0 Å². The number of aliphatic hydroxyl groups is 4. The molecule has 0 radical (unpaired) electrons. The summed E-state index contributed by atoms with van der Waals surface area (Å²) < 4.78 is 1.45. The predicted molar refractivity (Wildman–Crippen MR) is 282 cm³/mol. The number of hydrogen-bond donors (Lipinski definition) is 4. The van der Waals surface area contributed by atoms with E-state index in [2.05, 4.69) is 132 Å². The van der Waals surface area contributed by atoms with Gasteiger partial charge in [0.2, 0.25) is 0 Å². The minimum absolute atomic E-state index is 0.724. The molecule has 342 valence electrons. The molecule has 66 heavy (non-hydrogen) atoms. The molecule has 0 saturated carbocycles. The SMILES string of the molecule is Cc1cc(C)c(C(O)c2cc(Sc3ccc(Sc4cc(C(O)c5c(C)cc(C)cc5C)c(Br)cc4C(O)c4c(C)cc(C)cc4C)cc3)c(C(O)c3c(C)cc(C)cc3C)cc2Br)c(C)c1. The first-order chi connectivity index (χ1) is 31.1. The minimum atomic E-state index is -0.909. The summed E-state index contributed by atoms with van der Waals surface area (Å²) in [7, 11) is 0. The summed E-state index contributed by atoms with van der Waals surface area (Å²) in [6, 6.07) is 33.2. The first-order valence-electron chi connectivity index (χ1n) is 22.3. The Morgan fingerprint density at radius 1 is 0.318 bits per heavy atom. The van der Waals surface area contributed by atoms with Gasteiger partial charge in [0.1, 0.15) is 24.4 Å². The highest BCUT2D eigenvalue weighted by molar-refractivity contribution is 9.10. The Morgan fingerprint density at radius 3 is 0.758 bits per heavy atom. The molecular weight excluding hydrogens is 985 g/mol. The van der Waals surface area contributed by atoms with Gasteiger partial charge in [-0.25, -0.2) is 0 Å². The zero-order valence-electron chi connectivity index (χ0n) is 39.9. The van der Waals surface area contributed by atoms with Crippen LogP contribution >= 0.6 is 55.4 Å². The third kappa shape index (κ3) is 10.4. The largest absolute Gasteiger partial charge is 0.384 e. The van der Waals surface area contributed by atoms with Crippen LogP contribution < -0.4 is 0 Å². The molecule has 8 heteroatoms. The van der Waals surface area contributed by atoms with Gasteiger partial charge in [-0.3, -0.25) is 0 Å². The minimum Gasteiger partial charge on any atom is -0.384 e. The average Bonchev–Trinajstić information content (AvgIpc) is 3.20. The average molecular weight is 1050 g/mol. The molecular formula is C58H60Br2O4S2. The summed E-state index contributed by atoms with van der Waals surface area (Å²) in [5, 5.41) is 48.6. The van der Waals surface area contributed by atoms with E-state index in [1.165, 1.54) is 0 Å². The van der Waals surface area contributed by atoms with Gasteiger partial charge in [-0.2, -0.15) is 0 Å². The molecule has 0 saturated heterocycles. The second kappa shape index (κ2) is 20.3. The highest BCUT2D eigenvalue weighted by Crippen LogP contribution is 2.46. The summed E-state index contributed by atoms with van der Waals surface area (Å²) in [6.45, 7) is 24.6. The van der Waals surface area contributed by atoms with Gasteiger partial charge in [-0.15, -0.1) is 0 Å². The maximum Gasteiger partial charge on any atom is 0.106 e. The van der Waals surface area contributed by atoms with Crippen LogP contribution in [0.5, 0.6) is 0 Å². The fourth-order valence-electron chi connectivity index (χ4n) is 10.1. The standard InChI is InChI=1S/C58H60Br2O4S2/c1-29-17-33(5)51(34(6)18-29)55(61)43-27-49(45(25-47(43)59)57(63)53-37(9)21-31(3)22-38(53)10)65-41-13-15-42(16-14-41)66-50-28-44(56(62)52-35(7)19-30(2)20-36(52)8)48(60)26-46(50)58(64)54-39(11)23-32(4)24-40(54)12/h13-28,55-58,61-64H,1-12H3. The second-order valence-corrected chi connectivity index (χ2v) is 22.3. The van der Waals surface area contributed by atoms with Crippen LogP contribution in [-0.2, 0) is 0 Å². The Labute approximate surface area is 417 Å². The molecule has 0 amide bonds. The van der Waals surface area contributed by atoms with E-state index in [-0.39, 0.29) is 0 Å². The number of benzene rings is 7. The molecule has 0 aliphatic rings. The number of aliphatic hydroxyl groups excluding tert-OH is 4. The van der Waals surface area contributed by atoms with E-state index < -0.39 is 24.4 Å². The molecule has 0 bridgehead atoms. The van der Waals surface area contributed by atoms with Gasteiger partial charge in [0.15, 0.2) is 0 Å². The molecule has 7 aromatic rings. The summed E-state index contributed by atoms with van der Waals surface area (Å²) in [5.41, 5.74) is 19.2. The lowest BCUT2D eigenvalue weighted by atomic mass is 9.89. The van der Waals surface area contributed by atoms with E-state index in [0.717, 1.165) is 140 Å². The van der Waals surface area contributed by atoms with E-state index in [4.69, 9.17) is 0 Å². The van der Waals surface area contributed by atoms with Crippen LogP contribution in [0.1, 0.15) is 136 Å². The van der Waals surface area contributed by atoms with Gasteiger partial charge < -0.3 is 20.4 Å². The summed E-state index contributed by atoms with van der Waals surface area (Å²) >= 11 is 10.7. The zero-order valence-corrected chi connectivity index (χ0v) is 44.7. The molecule has 7 rings (SSSR count). The molecule has 4 nitrogen and oxygen atoms in total. The Morgan fingerprint density at radius 2 is 0.530 bits per heavy atom. The summed E-state index contributed by atoms with van der Waals surface area (Å²) in [4.78, 5) is 3.59. The highest BCUT2D eigenvalue weighted by Gasteiger charge is 2.28. The van der Waals surface area contributed by atoms with Crippen LogP contribution in [0.4, 0.5) is 0 Å². The fourth-order valence-corrected chi connectivity index (χ4v) is 13.3. The molecule has 0 aliphatic heterocycles. The topological polar surface area (TPSA) is 80.9 Å². The Kier molecular flexibility index (Phi) is 15.4. The van der Waals surface area contributed by atoms with E-state index in [9.17, 15) is 20.4 Å². The van der Waals surface area contributed by atoms with Crippen molar-refractivity contribution in [3.63, 3.8) is 0 Å². The van der Waals surface area contributed by atoms with Crippen LogP contribution in [0, 0.1) is 83.1 Å². The molecule has 0 heterocycles. The highest BCUT2D eigenvalue weighted by atomic mass is 79.9. The monoisotopic (exact) mass is 1040 g/mol. The lowest BCUT2D eigenvalue weighted by Gasteiger charge is -2.24. The Hall–Kier alpha value is -3.96. The third-order valence-corrected chi connectivity index (χ3v) is 16.3. The molecule has 0 aliphatic carbocycles. The maximum absolute atomic E-state index is 12.3. The van der Waals surface area contributed by atoms with Crippen LogP contribution in [0.2, 0.25) is 0 Å². The normalized spacial score (nSPS) is 13.5. The predicted octanol–water partition coefficient (Wildman–Crippen LogP) is 15.5. The van der Waals surface area contributed by atoms with Crippen LogP contribution in [0.25, 0.3) is 0 Å². The van der Waals surface area contributed by atoms with Crippen molar-refractivity contribution in [3.8, 4) is 0 Å². The maximum atomic E-state index is 12.3. The number of rotatable bonds is 12. The number of aryl methyl sites for hydroxylation is 12. The smallest absolute Gasteiger partial charge is 0.106 e. The van der Waals surface area contributed by atoms with E-state index in [0.29, 0.717) is 0 Å². The van der Waals surface area contributed by atoms with Crippen LogP contribution in [0.3, 0.4) is 0 Å². The van der Waals surface area contributed by atoms with E-state index in [1.807, 2.05) is 79.7 Å². The van der Waals surface area contributed by atoms with Gasteiger partial charge in [-0.05, 0) is 198 Å². The first-order valence-corrected chi connectivity index (χ1v) is 25.5. The lowest BCUT2D eigenvalue weighted by Crippen LogP contribution is -2.10. The zero-order chi connectivity index (χ0) is 48.0. The molecule has 4 N–H and O–H groups in total. The molecule has 0 fully saturated rings. The van der Waals surface area contributed by atoms with Gasteiger partial charge in [0, 0.05) is 50.8 Å². The van der Waals surface area contributed by atoms with E-state index >= 15 is 0 Å². The summed E-state index contributed by atoms with van der Waals surface area (Å²) in [5.74, 6) is 0. The Bertz CT molecular complexity index is 2700. The molecule has 0 aromatic heterocycles. The van der Waals surface area contributed by atoms with Crippen LogP contribution in [0.15, 0.2) is 126 Å². The van der Waals surface area contributed by atoms with Gasteiger partial charge in [0.25, 0.3) is 0 Å². The van der Waals surface area contributed by atoms with Gasteiger partial charge in [0.05, 0.1) is 0 Å². The summed E-state index contributed by atoms with van der Waals surface area (Å²) in [6.07, 6.45) is -3.60. The number of halogens is 2. The first kappa shape index (κ1) is 49.9. The van der Waals surface area contributed by atoms with E-state index in [1.54, 1.807) is 23.5 Å². The number of hydrogen-bond acceptors (Lipinski definition) is 6. The lowest BCUT2D eigenvalue weighted by molar-refractivity contribution is 0.211. The van der Waals surface area contributed by atoms with Crippen LogP contribution in [-0.4, -0.2) is 20.4 Å². The van der Waals surface area contributed by atoms with Crippen molar-refractivity contribution in [2.24, 2.45) is 0 Å². The Balaban J connectivity index is 1.30. The third-order valence-electron chi connectivity index (χ3n) is 12.8. The van der Waals surface area contributed by atoms with Gasteiger partial charge in [-0.1, -0.05) is 126 Å². The quantitative estimate of drug-likeness (QED) is 0.0976. The molecule has 0 spiro atoms. The molecule has 7 aromatic carbocycles. The van der Waals surface area contributed by atoms with Crippen molar-refractivity contribution in [1.29, 1.82) is 0 Å². The molecule has 4 atom stereocenters. The van der Waals surface area contributed by atoms with Crippen molar-refractivity contribution in [3.05, 3.63) is 217 Å².